The van der Waals surface area contributed by atoms with Gasteiger partial charge in [-0.3, -0.25) is 4.79 Å². The number of ether oxygens (including phenoxy) is 1. The molecule has 0 radical (unpaired) electrons. The molecule has 0 N–H and O–H groups in total. The molecule has 4 rings (SSSR count). The van der Waals surface area contributed by atoms with Gasteiger partial charge in [0.25, 0.3) is 5.91 Å². The Bertz CT molecular complexity index is 516. The molecule has 2 heterocycles. The van der Waals surface area contributed by atoms with Crippen LogP contribution in [0.25, 0.3) is 0 Å². The number of rotatable bonds is 5. The standard InChI is InChI=1S/C17H23NO3/c19-17(15-7-9-20-16(15)13-5-6-13)18-8-1-2-14(10-18)21-11-12-3-4-12/h7,9,12-14H,1-6,8,10-11H2/t14-/m1/s1. The maximum absolute atomic E-state index is 12.7. The number of likely N-dealkylation sites (tertiary alicyclic amines) is 1. The second-order valence-electron chi connectivity index (χ2n) is 6.76. The highest BCUT2D eigenvalue weighted by molar-refractivity contribution is 5.95. The Balaban J connectivity index is 1.39. The number of hydrogen-bond acceptors (Lipinski definition) is 3. The van der Waals surface area contributed by atoms with Gasteiger partial charge in [-0.15, -0.1) is 0 Å². The Kier molecular flexibility index (Phi) is 3.49. The highest BCUT2D eigenvalue weighted by Gasteiger charge is 2.34. The Hall–Kier alpha value is -1.29. The fourth-order valence-electron chi connectivity index (χ4n) is 3.15. The van der Waals surface area contributed by atoms with E-state index >= 15 is 0 Å². The van der Waals surface area contributed by atoms with Crippen molar-refractivity contribution in [2.45, 2.75) is 50.5 Å². The first-order valence-corrected chi connectivity index (χ1v) is 8.29. The van der Waals surface area contributed by atoms with Gasteiger partial charge in [0.15, 0.2) is 0 Å². The van der Waals surface area contributed by atoms with E-state index in [1.54, 1.807) is 6.26 Å². The number of furan rings is 1. The van der Waals surface area contributed by atoms with Gasteiger partial charge in [0.1, 0.15) is 5.76 Å². The van der Waals surface area contributed by atoms with Crippen molar-refractivity contribution < 1.29 is 13.9 Å². The highest BCUT2D eigenvalue weighted by atomic mass is 16.5. The fourth-order valence-corrected chi connectivity index (χ4v) is 3.15. The van der Waals surface area contributed by atoms with Crippen molar-refractivity contribution in [1.82, 2.24) is 4.90 Å². The van der Waals surface area contributed by atoms with E-state index in [0.717, 1.165) is 62.6 Å². The summed E-state index contributed by atoms with van der Waals surface area (Å²) in [7, 11) is 0. The van der Waals surface area contributed by atoms with E-state index in [4.69, 9.17) is 9.15 Å². The molecule has 0 spiro atoms. The summed E-state index contributed by atoms with van der Waals surface area (Å²) in [6, 6.07) is 1.84. The minimum Gasteiger partial charge on any atom is -0.468 e. The van der Waals surface area contributed by atoms with Crippen molar-refractivity contribution >= 4 is 5.91 Å². The lowest BCUT2D eigenvalue weighted by molar-refractivity contribution is -0.00249. The van der Waals surface area contributed by atoms with E-state index in [2.05, 4.69) is 0 Å². The number of piperidine rings is 1. The number of hydrogen-bond donors (Lipinski definition) is 0. The van der Waals surface area contributed by atoms with Crippen LogP contribution in [0.2, 0.25) is 0 Å². The zero-order valence-corrected chi connectivity index (χ0v) is 12.4. The molecule has 1 saturated heterocycles. The Morgan fingerprint density at radius 1 is 1.29 bits per heavy atom. The fraction of sp³-hybridized carbons (Fsp3) is 0.706. The van der Waals surface area contributed by atoms with E-state index in [9.17, 15) is 4.79 Å². The van der Waals surface area contributed by atoms with Crippen LogP contribution in [0.4, 0.5) is 0 Å². The molecule has 0 bridgehead atoms. The van der Waals surface area contributed by atoms with Gasteiger partial charge in [-0.1, -0.05) is 0 Å². The van der Waals surface area contributed by atoms with E-state index < -0.39 is 0 Å². The van der Waals surface area contributed by atoms with Crippen molar-refractivity contribution in [3.8, 4) is 0 Å². The Morgan fingerprint density at radius 3 is 2.90 bits per heavy atom. The number of amides is 1. The van der Waals surface area contributed by atoms with Crippen molar-refractivity contribution in [1.29, 1.82) is 0 Å². The second-order valence-corrected chi connectivity index (χ2v) is 6.76. The van der Waals surface area contributed by atoms with Crippen LogP contribution < -0.4 is 0 Å². The molecule has 3 aliphatic rings. The summed E-state index contributed by atoms with van der Waals surface area (Å²) in [5.74, 6) is 2.29. The minimum atomic E-state index is 0.130. The number of carbonyl (C=O) groups excluding carboxylic acids is 1. The quantitative estimate of drug-likeness (QED) is 0.836. The van der Waals surface area contributed by atoms with E-state index in [1.165, 1.54) is 12.8 Å². The summed E-state index contributed by atoms with van der Waals surface area (Å²) < 4.78 is 11.5. The summed E-state index contributed by atoms with van der Waals surface area (Å²) >= 11 is 0. The van der Waals surface area contributed by atoms with Crippen LogP contribution in [0.3, 0.4) is 0 Å². The highest BCUT2D eigenvalue weighted by Crippen LogP contribution is 2.42. The summed E-state index contributed by atoms with van der Waals surface area (Å²) in [4.78, 5) is 14.7. The van der Waals surface area contributed by atoms with Crippen LogP contribution in [0.15, 0.2) is 16.7 Å². The van der Waals surface area contributed by atoms with Crippen molar-refractivity contribution in [2.75, 3.05) is 19.7 Å². The van der Waals surface area contributed by atoms with Crippen LogP contribution in [0.5, 0.6) is 0 Å². The summed E-state index contributed by atoms with van der Waals surface area (Å²) in [5, 5.41) is 0. The molecule has 1 aromatic rings. The molecule has 21 heavy (non-hydrogen) atoms. The van der Waals surface area contributed by atoms with Gasteiger partial charge < -0.3 is 14.1 Å². The van der Waals surface area contributed by atoms with Crippen molar-refractivity contribution in [3.05, 3.63) is 23.7 Å². The molecule has 2 saturated carbocycles. The molecule has 4 nitrogen and oxygen atoms in total. The first kappa shape index (κ1) is 13.4. The summed E-state index contributed by atoms with van der Waals surface area (Å²) in [6.45, 7) is 2.46. The summed E-state index contributed by atoms with van der Waals surface area (Å²) in [5.41, 5.74) is 0.778. The van der Waals surface area contributed by atoms with Gasteiger partial charge in [-0.05, 0) is 50.5 Å². The normalized spacial score (nSPS) is 26.1. The van der Waals surface area contributed by atoms with Crippen LogP contribution in [-0.4, -0.2) is 36.6 Å². The zero-order valence-electron chi connectivity index (χ0n) is 12.4. The van der Waals surface area contributed by atoms with Crippen LogP contribution in [0, 0.1) is 5.92 Å². The maximum atomic E-state index is 12.7. The molecular formula is C17H23NO3. The molecule has 114 valence electrons. The lowest BCUT2D eigenvalue weighted by Crippen LogP contribution is -2.43. The van der Waals surface area contributed by atoms with Crippen molar-refractivity contribution in [3.63, 3.8) is 0 Å². The van der Waals surface area contributed by atoms with Crippen LogP contribution >= 0.6 is 0 Å². The predicted octanol–water partition coefficient (Wildman–Crippen LogP) is 3.19. The lowest BCUT2D eigenvalue weighted by Gasteiger charge is -2.32. The van der Waals surface area contributed by atoms with Gasteiger partial charge in [0.05, 0.1) is 17.9 Å². The molecule has 0 unspecified atom stereocenters. The molecule has 1 amide bonds. The van der Waals surface area contributed by atoms with E-state index in [-0.39, 0.29) is 12.0 Å². The van der Waals surface area contributed by atoms with Gasteiger partial charge >= 0.3 is 0 Å². The largest absolute Gasteiger partial charge is 0.468 e. The van der Waals surface area contributed by atoms with E-state index in [1.807, 2.05) is 11.0 Å². The summed E-state index contributed by atoms with van der Waals surface area (Å²) in [6.07, 6.45) is 8.94. The Morgan fingerprint density at radius 2 is 2.14 bits per heavy atom. The van der Waals surface area contributed by atoms with E-state index in [0.29, 0.717) is 5.92 Å². The topological polar surface area (TPSA) is 42.7 Å². The zero-order chi connectivity index (χ0) is 14.2. The average Bonchev–Trinajstić information content (AvgIpc) is 3.44. The second kappa shape index (κ2) is 5.48. The molecule has 1 aromatic heterocycles. The molecule has 1 atom stereocenters. The third kappa shape index (κ3) is 3.00. The number of carbonyl (C=O) groups is 1. The minimum absolute atomic E-state index is 0.130. The van der Waals surface area contributed by atoms with Crippen molar-refractivity contribution in [2.24, 2.45) is 5.92 Å². The molecule has 3 fully saturated rings. The molecule has 2 aliphatic carbocycles. The first-order chi connectivity index (χ1) is 10.3. The third-order valence-electron chi connectivity index (χ3n) is 4.80. The lowest BCUT2D eigenvalue weighted by atomic mass is 10.1. The average molecular weight is 289 g/mol. The van der Waals surface area contributed by atoms with Gasteiger partial charge in [0.2, 0.25) is 0 Å². The smallest absolute Gasteiger partial charge is 0.257 e. The molecular weight excluding hydrogens is 266 g/mol. The molecule has 1 aliphatic heterocycles. The molecule has 0 aromatic carbocycles. The van der Waals surface area contributed by atoms with Gasteiger partial charge in [-0.25, -0.2) is 0 Å². The third-order valence-corrected chi connectivity index (χ3v) is 4.80. The van der Waals surface area contributed by atoms with Gasteiger partial charge in [0, 0.05) is 25.6 Å². The van der Waals surface area contributed by atoms with Crippen LogP contribution in [-0.2, 0) is 4.74 Å². The SMILES string of the molecule is O=C(c1ccoc1C1CC1)N1CCC[C@@H](OCC2CC2)C1. The monoisotopic (exact) mass is 289 g/mol. The first-order valence-electron chi connectivity index (χ1n) is 8.29. The maximum Gasteiger partial charge on any atom is 0.257 e. The number of nitrogens with zero attached hydrogens (tertiary/aromatic N) is 1. The van der Waals surface area contributed by atoms with Gasteiger partial charge in [-0.2, -0.15) is 0 Å². The Labute approximate surface area is 125 Å². The van der Waals surface area contributed by atoms with Crippen LogP contribution in [0.1, 0.15) is 60.6 Å². The molecule has 4 heteroatoms. The predicted molar refractivity (Wildman–Crippen MR) is 78.3 cm³/mol.